The number of benzene rings is 3. The summed E-state index contributed by atoms with van der Waals surface area (Å²) in [5.41, 5.74) is 4.46. The number of hydrogen-bond acceptors (Lipinski definition) is 3. The zero-order chi connectivity index (χ0) is 24.1. The molecule has 2 unspecified atom stereocenters. The summed E-state index contributed by atoms with van der Waals surface area (Å²) in [5, 5.41) is 0. The standard InChI is InChI=1S/C29H25F2NO3/c30-18-9-12-27(31)25(15-18)28(33)17-13-19-10-11-20(14-17)32(19)29(34)35-16-26-23-7-3-1-5-21(23)22-6-2-4-8-24(22)26/h1-9,12,15,17,19-20,26H,10-11,13-14,16H2. The van der Waals surface area contributed by atoms with Gasteiger partial charge in [0.15, 0.2) is 5.78 Å². The summed E-state index contributed by atoms with van der Waals surface area (Å²) in [5.74, 6) is -2.16. The van der Waals surface area contributed by atoms with Gasteiger partial charge < -0.3 is 9.64 Å². The van der Waals surface area contributed by atoms with Crippen molar-refractivity contribution in [1.29, 1.82) is 0 Å². The fourth-order valence-corrected chi connectivity index (χ4v) is 6.26. The Balaban J connectivity index is 1.15. The lowest BCUT2D eigenvalue weighted by molar-refractivity contribution is 0.0504. The summed E-state index contributed by atoms with van der Waals surface area (Å²) in [4.78, 5) is 27.9. The van der Waals surface area contributed by atoms with Crippen molar-refractivity contribution < 1.29 is 23.1 Å². The van der Waals surface area contributed by atoms with Gasteiger partial charge in [-0.3, -0.25) is 4.79 Å². The molecule has 1 amide bonds. The first-order valence-corrected chi connectivity index (χ1v) is 12.1. The van der Waals surface area contributed by atoms with Crippen LogP contribution in [0.15, 0.2) is 66.7 Å². The van der Waals surface area contributed by atoms with Gasteiger partial charge in [-0.05, 0) is 66.1 Å². The van der Waals surface area contributed by atoms with Crippen molar-refractivity contribution in [2.75, 3.05) is 6.61 Å². The number of ether oxygens (including phenoxy) is 1. The highest BCUT2D eigenvalue weighted by Crippen LogP contribution is 2.45. The van der Waals surface area contributed by atoms with Crippen molar-refractivity contribution >= 4 is 11.9 Å². The van der Waals surface area contributed by atoms with Gasteiger partial charge in [0.25, 0.3) is 0 Å². The van der Waals surface area contributed by atoms with Crippen molar-refractivity contribution in [3.8, 4) is 11.1 Å². The predicted octanol–water partition coefficient (Wildman–Crippen LogP) is 6.34. The minimum Gasteiger partial charge on any atom is -0.448 e. The molecule has 178 valence electrons. The topological polar surface area (TPSA) is 46.6 Å². The lowest BCUT2D eigenvalue weighted by Crippen LogP contribution is -2.48. The number of carbonyl (C=O) groups excluding carboxylic acids is 2. The second kappa shape index (κ2) is 8.59. The average Bonchev–Trinajstić information content (AvgIpc) is 3.34. The molecule has 3 aromatic carbocycles. The maximum absolute atomic E-state index is 14.2. The van der Waals surface area contributed by atoms with E-state index < -0.39 is 17.6 Å². The van der Waals surface area contributed by atoms with E-state index >= 15 is 0 Å². The molecule has 0 aromatic heterocycles. The summed E-state index contributed by atoms with van der Waals surface area (Å²) >= 11 is 0. The Bertz CT molecular complexity index is 1260. The molecule has 2 saturated heterocycles. The van der Waals surface area contributed by atoms with E-state index in [1.165, 1.54) is 11.1 Å². The van der Waals surface area contributed by atoms with Crippen LogP contribution in [0, 0.1) is 17.6 Å². The van der Waals surface area contributed by atoms with E-state index in [-0.39, 0.29) is 42.0 Å². The minimum atomic E-state index is -0.706. The number of rotatable bonds is 4. The average molecular weight is 474 g/mol. The quantitative estimate of drug-likeness (QED) is 0.416. The Morgan fingerprint density at radius 2 is 1.46 bits per heavy atom. The third-order valence-corrected chi connectivity index (χ3v) is 7.84. The van der Waals surface area contributed by atoms with Gasteiger partial charge in [0.05, 0.1) is 5.56 Å². The number of carbonyl (C=O) groups is 2. The van der Waals surface area contributed by atoms with Crippen LogP contribution in [0.25, 0.3) is 11.1 Å². The van der Waals surface area contributed by atoms with E-state index in [2.05, 4.69) is 24.3 Å². The third kappa shape index (κ3) is 3.72. The first-order chi connectivity index (χ1) is 17.0. The maximum atomic E-state index is 14.2. The molecule has 2 bridgehead atoms. The van der Waals surface area contributed by atoms with Crippen LogP contribution in [0.4, 0.5) is 13.6 Å². The molecule has 2 aliphatic heterocycles. The number of ketones is 1. The van der Waals surface area contributed by atoms with Crippen molar-refractivity contribution in [2.24, 2.45) is 5.92 Å². The molecular formula is C29H25F2NO3. The van der Waals surface area contributed by atoms with Crippen molar-refractivity contribution in [3.05, 3.63) is 95.1 Å². The molecule has 6 rings (SSSR count). The normalized spacial score (nSPS) is 22.6. The molecule has 2 atom stereocenters. The van der Waals surface area contributed by atoms with Crippen LogP contribution in [0.3, 0.4) is 0 Å². The van der Waals surface area contributed by atoms with E-state index in [4.69, 9.17) is 4.74 Å². The highest BCUT2D eigenvalue weighted by Gasteiger charge is 2.46. The number of Topliss-reactive ketones (excluding diaryl/α,β-unsaturated/α-hetero) is 1. The predicted molar refractivity (Wildman–Crippen MR) is 127 cm³/mol. The van der Waals surface area contributed by atoms with Crippen molar-refractivity contribution in [3.63, 3.8) is 0 Å². The van der Waals surface area contributed by atoms with Gasteiger partial charge in [0, 0.05) is 23.9 Å². The zero-order valence-corrected chi connectivity index (χ0v) is 19.1. The summed E-state index contributed by atoms with van der Waals surface area (Å²) in [6, 6.07) is 19.1. The van der Waals surface area contributed by atoms with E-state index in [1.54, 1.807) is 4.90 Å². The molecule has 2 fully saturated rings. The number of halogens is 2. The first-order valence-electron chi connectivity index (χ1n) is 12.1. The largest absolute Gasteiger partial charge is 0.448 e. The molecule has 0 spiro atoms. The molecule has 3 aliphatic rings. The summed E-state index contributed by atoms with van der Waals surface area (Å²) in [6.45, 7) is 0.250. The molecule has 6 heteroatoms. The van der Waals surface area contributed by atoms with Crippen LogP contribution in [0.5, 0.6) is 0 Å². The SMILES string of the molecule is O=C(c1cc(F)ccc1F)C1CC2CCC(C1)N2C(=O)OCC1c2ccccc2-c2ccccc21. The molecule has 3 aromatic rings. The van der Waals surface area contributed by atoms with E-state index in [0.29, 0.717) is 12.8 Å². The Kier molecular flexibility index (Phi) is 5.39. The highest BCUT2D eigenvalue weighted by molar-refractivity contribution is 5.98. The van der Waals surface area contributed by atoms with E-state index in [1.807, 2.05) is 24.3 Å². The number of piperidine rings is 1. The molecule has 0 N–H and O–H groups in total. The fourth-order valence-electron chi connectivity index (χ4n) is 6.26. The van der Waals surface area contributed by atoms with Gasteiger partial charge in [-0.2, -0.15) is 0 Å². The van der Waals surface area contributed by atoms with E-state index in [0.717, 1.165) is 42.2 Å². The second-order valence-corrected chi connectivity index (χ2v) is 9.75. The van der Waals surface area contributed by atoms with Crippen LogP contribution < -0.4 is 0 Å². The van der Waals surface area contributed by atoms with Gasteiger partial charge in [-0.1, -0.05) is 48.5 Å². The molecule has 4 nitrogen and oxygen atoms in total. The lowest BCUT2D eigenvalue weighted by atomic mass is 9.84. The van der Waals surface area contributed by atoms with E-state index in [9.17, 15) is 18.4 Å². The number of amides is 1. The number of hydrogen-bond donors (Lipinski definition) is 0. The Hall–Kier alpha value is -3.54. The fraction of sp³-hybridized carbons (Fsp3) is 0.310. The Morgan fingerprint density at radius 3 is 2.09 bits per heavy atom. The molecule has 2 heterocycles. The number of nitrogens with zero attached hydrogens (tertiary/aromatic N) is 1. The van der Waals surface area contributed by atoms with Crippen molar-refractivity contribution in [2.45, 2.75) is 43.7 Å². The summed E-state index contributed by atoms with van der Waals surface area (Å²) in [6.07, 6.45) is 2.08. The summed E-state index contributed by atoms with van der Waals surface area (Å²) < 4.78 is 33.7. The molecule has 1 aliphatic carbocycles. The lowest BCUT2D eigenvalue weighted by Gasteiger charge is -2.37. The van der Waals surface area contributed by atoms with Gasteiger partial charge >= 0.3 is 6.09 Å². The third-order valence-electron chi connectivity index (χ3n) is 7.84. The minimum absolute atomic E-state index is 0.0147. The van der Waals surface area contributed by atoms with Crippen LogP contribution in [-0.4, -0.2) is 35.5 Å². The molecule has 0 radical (unpaired) electrons. The number of fused-ring (bicyclic) bond motifs is 5. The van der Waals surface area contributed by atoms with Crippen molar-refractivity contribution in [1.82, 2.24) is 4.90 Å². The highest BCUT2D eigenvalue weighted by atomic mass is 19.1. The van der Waals surface area contributed by atoms with Crippen LogP contribution in [0.2, 0.25) is 0 Å². The smallest absolute Gasteiger partial charge is 0.410 e. The molecule has 35 heavy (non-hydrogen) atoms. The second-order valence-electron chi connectivity index (χ2n) is 9.75. The van der Waals surface area contributed by atoms with Crippen LogP contribution in [-0.2, 0) is 4.74 Å². The monoisotopic (exact) mass is 473 g/mol. The van der Waals surface area contributed by atoms with Crippen LogP contribution in [0.1, 0.15) is 53.1 Å². The Labute approximate surface area is 202 Å². The Morgan fingerprint density at radius 1 is 0.857 bits per heavy atom. The first kappa shape index (κ1) is 22.0. The van der Waals surface area contributed by atoms with Gasteiger partial charge in [-0.15, -0.1) is 0 Å². The maximum Gasteiger partial charge on any atom is 0.410 e. The van der Waals surface area contributed by atoms with Gasteiger partial charge in [0.2, 0.25) is 0 Å². The van der Waals surface area contributed by atoms with Gasteiger partial charge in [-0.25, -0.2) is 13.6 Å². The van der Waals surface area contributed by atoms with Crippen LogP contribution >= 0.6 is 0 Å². The van der Waals surface area contributed by atoms with Gasteiger partial charge in [0.1, 0.15) is 18.2 Å². The zero-order valence-electron chi connectivity index (χ0n) is 19.1. The molecule has 0 saturated carbocycles. The summed E-state index contributed by atoms with van der Waals surface area (Å²) in [7, 11) is 0. The molecular weight excluding hydrogens is 448 g/mol.